The summed E-state index contributed by atoms with van der Waals surface area (Å²) in [6, 6.07) is 9.19. The van der Waals surface area contributed by atoms with Gasteiger partial charge in [-0.05, 0) is 37.4 Å². The Hall–Kier alpha value is -0.820. The first-order chi connectivity index (χ1) is 7.69. The molecule has 0 spiro atoms. The zero-order valence-electron chi connectivity index (χ0n) is 11.1. The van der Waals surface area contributed by atoms with E-state index in [-0.39, 0.29) is 0 Å². The molecule has 90 valence electrons. The fraction of sp³-hybridized carbons (Fsp3) is 0.600. The smallest absolute Gasteiger partial charge is 0.0322 e. The van der Waals surface area contributed by atoms with Crippen LogP contribution < -0.4 is 5.32 Å². The molecule has 0 aliphatic rings. The molecule has 0 fully saturated rings. The van der Waals surface area contributed by atoms with Crippen LogP contribution in [0, 0.1) is 12.8 Å². The van der Waals surface area contributed by atoms with Gasteiger partial charge in [0.1, 0.15) is 0 Å². The first-order valence-electron chi connectivity index (χ1n) is 6.41. The van der Waals surface area contributed by atoms with Crippen molar-refractivity contribution in [2.45, 2.75) is 46.1 Å². The largest absolute Gasteiger partial charge is 0.313 e. The highest BCUT2D eigenvalue weighted by Gasteiger charge is 2.14. The van der Waals surface area contributed by atoms with Gasteiger partial charge < -0.3 is 5.32 Å². The van der Waals surface area contributed by atoms with Crippen molar-refractivity contribution in [1.29, 1.82) is 0 Å². The average molecular weight is 219 g/mol. The monoisotopic (exact) mass is 219 g/mol. The number of hydrogen-bond acceptors (Lipinski definition) is 1. The lowest BCUT2D eigenvalue weighted by Crippen LogP contribution is -2.19. The minimum Gasteiger partial charge on any atom is -0.313 e. The SMILES string of the molecule is CCCC(C)CC(NC)c1ccccc1C. The van der Waals surface area contributed by atoms with Crippen molar-refractivity contribution in [2.75, 3.05) is 7.05 Å². The van der Waals surface area contributed by atoms with Crippen LogP contribution >= 0.6 is 0 Å². The lowest BCUT2D eigenvalue weighted by molar-refractivity contribution is 0.406. The van der Waals surface area contributed by atoms with Gasteiger partial charge in [-0.1, -0.05) is 51.0 Å². The maximum Gasteiger partial charge on any atom is 0.0322 e. The fourth-order valence-corrected chi connectivity index (χ4v) is 2.39. The summed E-state index contributed by atoms with van der Waals surface area (Å²) >= 11 is 0. The van der Waals surface area contributed by atoms with Crippen molar-refractivity contribution in [3.63, 3.8) is 0 Å². The summed E-state index contributed by atoms with van der Waals surface area (Å²) in [7, 11) is 2.07. The van der Waals surface area contributed by atoms with Crippen molar-refractivity contribution in [3.8, 4) is 0 Å². The second-order valence-electron chi connectivity index (χ2n) is 4.83. The van der Waals surface area contributed by atoms with Crippen molar-refractivity contribution < 1.29 is 0 Å². The summed E-state index contributed by atoms with van der Waals surface area (Å²) < 4.78 is 0. The molecule has 0 aliphatic carbocycles. The highest BCUT2D eigenvalue weighted by Crippen LogP contribution is 2.25. The first kappa shape index (κ1) is 13.2. The van der Waals surface area contributed by atoms with Gasteiger partial charge in [0.25, 0.3) is 0 Å². The Balaban J connectivity index is 2.71. The van der Waals surface area contributed by atoms with E-state index in [1.54, 1.807) is 0 Å². The van der Waals surface area contributed by atoms with Gasteiger partial charge in [-0.15, -0.1) is 0 Å². The van der Waals surface area contributed by atoms with Crippen molar-refractivity contribution in [3.05, 3.63) is 35.4 Å². The van der Waals surface area contributed by atoms with Gasteiger partial charge in [0, 0.05) is 6.04 Å². The van der Waals surface area contributed by atoms with Gasteiger partial charge in [-0.3, -0.25) is 0 Å². The van der Waals surface area contributed by atoms with E-state index >= 15 is 0 Å². The predicted octanol–water partition coefficient (Wildman–Crippen LogP) is 4.08. The number of benzene rings is 1. The Bertz CT molecular complexity index is 306. The zero-order valence-corrected chi connectivity index (χ0v) is 11.1. The zero-order chi connectivity index (χ0) is 12.0. The Morgan fingerprint density at radius 2 is 1.94 bits per heavy atom. The van der Waals surface area contributed by atoms with Crippen molar-refractivity contribution in [2.24, 2.45) is 5.92 Å². The van der Waals surface area contributed by atoms with Crippen molar-refractivity contribution in [1.82, 2.24) is 5.32 Å². The van der Waals surface area contributed by atoms with E-state index in [2.05, 4.69) is 57.4 Å². The van der Waals surface area contributed by atoms with Crippen LogP contribution in [-0.4, -0.2) is 7.05 Å². The number of hydrogen-bond donors (Lipinski definition) is 1. The fourth-order valence-electron chi connectivity index (χ4n) is 2.39. The predicted molar refractivity (Wildman–Crippen MR) is 71.7 cm³/mol. The summed E-state index contributed by atoms with van der Waals surface area (Å²) in [5.41, 5.74) is 2.85. The highest BCUT2D eigenvalue weighted by atomic mass is 14.9. The van der Waals surface area contributed by atoms with Gasteiger partial charge in [-0.25, -0.2) is 0 Å². The highest BCUT2D eigenvalue weighted by molar-refractivity contribution is 5.28. The van der Waals surface area contributed by atoms with Gasteiger partial charge in [0.15, 0.2) is 0 Å². The molecule has 0 radical (unpaired) electrons. The third-order valence-corrected chi connectivity index (χ3v) is 3.33. The number of rotatable bonds is 6. The normalized spacial score (nSPS) is 14.8. The molecule has 0 aliphatic heterocycles. The molecule has 0 saturated carbocycles. The third-order valence-electron chi connectivity index (χ3n) is 3.33. The van der Waals surface area contributed by atoms with E-state index in [9.17, 15) is 0 Å². The van der Waals surface area contributed by atoms with E-state index in [0.29, 0.717) is 6.04 Å². The minimum absolute atomic E-state index is 0.503. The molecule has 1 rings (SSSR count). The second kappa shape index (κ2) is 6.70. The molecule has 0 saturated heterocycles. The number of nitrogens with one attached hydrogen (secondary N) is 1. The topological polar surface area (TPSA) is 12.0 Å². The van der Waals surface area contributed by atoms with Crippen LogP contribution in [0.1, 0.15) is 50.3 Å². The quantitative estimate of drug-likeness (QED) is 0.760. The van der Waals surface area contributed by atoms with E-state index < -0.39 is 0 Å². The Morgan fingerprint density at radius 1 is 1.25 bits per heavy atom. The average Bonchev–Trinajstić information content (AvgIpc) is 2.27. The Morgan fingerprint density at radius 3 is 2.50 bits per heavy atom. The standard InChI is InChI=1S/C15H25N/c1-5-8-12(2)11-15(16-4)14-10-7-6-9-13(14)3/h6-7,9-10,12,15-16H,5,8,11H2,1-4H3. The minimum atomic E-state index is 0.503. The van der Waals surface area contributed by atoms with Gasteiger partial charge in [0.2, 0.25) is 0 Å². The van der Waals surface area contributed by atoms with Crippen LogP contribution in [-0.2, 0) is 0 Å². The molecule has 0 aromatic heterocycles. The maximum atomic E-state index is 3.45. The summed E-state index contributed by atoms with van der Waals surface area (Å²) in [4.78, 5) is 0. The van der Waals surface area contributed by atoms with E-state index in [0.717, 1.165) is 5.92 Å². The second-order valence-corrected chi connectivity index (χ2v) is 4.83. The number of aryl methyl sites for hydroxylation is 1. The molecular weight excluding hydrogens is 194 g/mol. The van der Waals surface area contributed by atoms with E-state index in [4.69, 9.17) is 0 Å². The van der Waals surface area contributed by atoms with Gasteiger partial charge >= 0.3 is 0 Å². The lowest BCUT2D eigenvalue weighted by Gasteiger charge is -2.22. The molecule has 1 aromatic rings. The molecule has 0 amide bonds. The summed E-state index contributed by atoms with van der Waals surface area (Å²) in [6.07, 6.45) is 3.84. The maximum absolute atomic E-state index is 3.45. The molecular formula is C15H25N. The van der Waals surface area contributed by atoms with Crippen LogP contribution in [0.2, 0.25) is 0 Å². The molecule has 2 atom stereocenters. The molecule has 1 heteroatoms. The van der Waals surface area contributed by atoms with Crippen LogP contribution in [0.15, 0.2) is 24.3 Å². The van der Waals surface area contributed by atoms with Crippen molar-refractivity contribution >= 4 is 0 Å². The lowest BCUT2D eigenvalue weighted by atomic mass is 9.91. The molecule has 1 N–H and O–H groups in total. The van der Waals surface area contributed by atoms with E-state index in [1.807, 2.05) is 0 Å². The van der Waals surface area contributed by atoms with Crippen LogP contribution in [0.5, 0.6) is 0 Å². The molecule has 1 nitrogen and oxygen atoms in total. The van der Waals surface area contributed by atoms with Crippen LogP contribution in [0.4, 0.5) is 0 Å². The summed E-state index contributed by atoms with van der Waals surface area (Å²) in [5.74, 6) is 0.794. The molecule has 16 heavy (non-hydrogen) atoms. The third kappa shape index (κ3) is 3.64. The Labute approximate surface area is 100 Å². The molecule has 0 heterocycles. The molecule has 2 unspecified atom stereocenters. The summed E-state index contributed by atoms with van der Waals surface area (Å²) in [6.45, 7) is 6.81. The van der Waals surface area contributed by atoms with Crippen LogP contribution in [0.3, 0.4) is 0 Å². The molecule has 1 aromatic carbocycles. The first-order valence-corrected chi connectivity index (χ1v) is 6.41. The summed E-state index contributed by atoms with van der Waals surface area (Å²) in [5, 5.41) is 3.45. The van der Waals surface area contributed by atoms with Gasteiger partial charge in [-0.2, -0.15) is 0 Å². The van der Waals surface area contributed by atoms with Gasteiger partial charge in [0.05, 0.1) is 0 Å². The molecule has 0 bridgehead atoms. The van der Waals surface area contributed by atoms with Crippen LogP contribution in [0.25, 0.3) is 0 Å². The van der Waals surface area contributed by atoms with E-state index in [1.165, 1.54) is 30.4 Å². The Kier molecular flexibility index (Phi) is 5.54.